The molecule has 0 aliphatic rings. The van der Waals surface area contributed by atoms with Gasteiger partial charge < -0.3 is 10.6 Å². The van der Waals surface area contributed by atoms with Gasteiger partial charge in [0.25, 0.3) is 10.1 Å². The van der Waals surface area contributed by atoms with Gasteiger partial charge in [-0.2, -0.15) is 8.42 Å². The number of benzene rings is 1. The number of hydrogen-bond donors (Lipinski definition) is 2. The molecule has 5 nitrogen and oxygen atoms in total. The summed E-state index contributed by atoms with van der Waals surface area (Å²) in [7, 11) is -0.585. The average Bonchev–Trinajstić information content (AvgIpc) is 2.01. The molecule has 6 heteroatoms. The van der Waals surface area contributed by atoms with Crippen LogP contribution in [0.25, 0.3) is 0 Å². The Morgan fingerprint density at radius 3 is 2.29 bits per heavy atom. The first kappa shape index (κ1) is 10.8. The molecule has 0 radical (unpaired) electrons. The number of nitrogen functional groups attached to an aromatic ring is 1. The van der Waals surface area contributed by atoms with Gasteiger partial charge in [0.05, 0.1) is 16.3 Å². The van der Waals surface area contributed by atoms with Gasteiger partial charge >= 0.3 is 0 Å². The van der Waals surface area contributed by atoms with E-state index in [0.717, 1.165) is 0 Å². The normalized spacial score (nSPS) is 11.4. The Kier molecular flexibility index (Phi) is 2.68. The van der Waals surface area contributed by atoms with E-state index in [1.807, 2.05) is 0 Å². The van der Waals surface area contributed by atoms with Crippen molar-refractivity contribution < 1.29 is 13.0 Å². The van der Waals surface area contributed by atoms with E-state index in [0.29, 0.717) is 11.4 Å². The molecule has 1 aromatic carbocycles. The van der Waals surface area contributed by atoms with E-state index in [-0.39, 0.29) is 4.90 Å². The first-order chi connectivity index (χ1) is 6.32. The highest BCUT2D eigenvalue weighted by molar-refractivity contribution is 7.85. The van der Waals surface area contributed by atoms with E-state index >= 15 is 0 Å². The quantitative estimate of drug-likeness (QED) is 0.558. The van der Waals surface area contributed by atoms with Gasteiger partial charge in [-0.15, -0.1) is 0 Å². The molecule has 1 aromatic rings. The molecule has 0 saturated carbocycles. The number of nitrogens with zero attached hydrogens (tertiary/aromatic N) is 1. The Balaban J connectivity index is 3.27. The molecule has 1 rings (SSSR count). The highest BCUT2D eigenvalue weighted by Crippen LogP contribution is 2.24. The second kappa shape index (κ2) is 3.47. The van der Waals surface area contributed by atoms with Crippen molar-refractivity contribution in [2.45, 2.75) is 4.90 Å². The molecular formula is C8H12N2O3S. The third-order valence-electron chi connectivity index (χ3n) is 1.78. The maximum Gasteiger partial charge on any atom is 0.294 e. The van der Waals surface area contributed by atoms with Crippen molar-refractivity contribution in [2.75, 3.05) is 24.7 Å². The van der Waals surface area contributed by atoms with Crippen LogP contribution in [0.4, 0.5) is 11.4 Å². The SMILES string of the molecule is CN(C)c1ccc(S(=O)(=O)O)cc1N. The van der Waals surface area contributed by atoms with Crippen LogP contribution in [0.5, 0.6) is 0 Å². The van der Waals surface area contributed by atoms with Crippen LogP contribution in [0.3, 0.4) is 0 Å². The fourth-order valence-electron chi connectivity index (χ4n) is 1.10. The lowest BCUT2D eigenvalue weighted by Gasteiger charge is -2.15. The lowest BCUT2D eigenvalue weighted by atomic mass is 10.2. The van der Waals surface area contributed by atoms with Crippen LogP contribution >= 0.6 is 0 Å². The van der Waals surface area contributed by atoms with Crippen LogP contribution in [0, 0.1) is 0 Å². The summed E-state index contributed by atoms with van der Waals surface area (Å²) in [6.07, 6.45) is 0. The van der Waals surface area contributed by atoms with Gasteiger partial charge in [-0.25, -0.2) is 0 Å². The summed E-state index contributed by atoms with van der Waals surface area (Å²) < 4.78 is 30.3. The molecule has 0 heterocycles. The molecule has 14 heavy (non-hydrogen) atoms. The van der Waals surface area contributed by atoms with Gasteiger partial charge in [0.15, 0.2) is 0 Å². The van der Waals surface area contributed by atoms with E-state index in [4.69, 9.17) is 10.3 Å². The Morgan fingerprint density at radius 1 is 1.36 bits per heavy atom. The monoisotopic (exact) mass is 216 g/mol. The highest BCUT2D eigenvalue weighted by Gasteiger charge is 2.11. The molecule has 0 aliphatic heterocycles. The molecule has 3 N–H and O–H groups in total. The first-order valence-electron chi connectivity index (χ1n) is 3.86. The van der Waals surface area contributed by atoms with E-state index in [2.05, 4.69) is 0 Å². The van der Waals surface area contributed by atoms with Crippen molar-refractivity contribution in [3.8, 4) is 0 Å². The van der Waals surface area contributed by atoms with Crippen molar-refractivity contribution in [1.29, 1.82) is 0 Å². The average molecular weight is 216 g/mol. The molecule has 0 aromatic heterocycles. The predicted octanol–water partition coefficient (Wildman–Crippen LogP) is 0.581. The van der Waals surface area contributed by atoms with Gasteiger partial charge in [0.1, 0.15) is 0 Å². The zero-order valence-corrected chi connectivity index (χ0v) is 8.75. The third-order valence-corrected chi connectivity index (χ3v) is 2.63. The minimum absolute atomic E-state index is 0.194. The van der Waals surface area contributed by atoms with Crippen LogP contribution < -0.4 is 10.6 Å². The highest BCUT2D eigenvalue weighted by atomic mass is 32.2. The van der Waals surface area contributed by atoms with Gasteiger partial charge in [0, 0.05) is 14.1 Å². The molecule has 0 unspecified atom stereocenters. The van der Waals surface area contributed by atoms with Crippen LogP contribution in [-0.4, -0.2) is 27.1 Å². The molecule has 0 aliphatic carbocycles. The van der Waals surface area contributed by atoms with E-state index < -0.39 is 10.1 Å². The van der Waals surface area contributed by atoms with Gasteiger partial charge in [-0.3, -0.25) is 4.55 Å². The maximum absolute atomic E-state index is 10.8. The Morgan fingerprint density at radius 2 is 1.93 bits per heavy atom. The number of hydrogen-bond acceptors (Lipinski definition) is 4. The topological polar surface area (TPSA) is 83.6 Å². The maximum atomic E-state index is 10.8. The second-order valence-electron chi connectivity index (χ2n) is 3.09. The van der Waals surface area contributed by atoms with E-state index in [9.17, 15) is 8.42 Å². The fraction of sp³-hybridized carbons (Fsp3) is 0.250. The van der Waals surface area contributed by atoms with Crippen molar-refractivity contribution in [2.24, 2.45) is 0 Å². The summed E-state index contributed by atoms with van der Waals surface area (Å²) in [6, 6.07) is 4.07. The molecule has 0 fully saturated rings. The van der Waals surface area contributed by atoms with Crippen LogP contribution in [0.2, 0.25) is 0 Å². The Hall–Kier alpha value is -1.27. The third kappa shape index (κ3) is 2.15. The van der Waals surface area contributed by atoms with Crippen molar-refractivity contribution >= 4 is 21.5 Å². The number of anilines is 2. The minimum Gasteiger partial charge on any atom is -0.397 e. The Labute approximate surface area is 82.9 Å². The Bertz CT molecular complexity index is 440. The van der Waals surface area contributed by atoms with Gasteiger partial charge in [-0.05, 0) is 18.2 Å². The molecule has 0 spiro atoms. The molecule has 0 amide bonds. The summed E-state index contributed by atoms with van der Waals surface area (Å²) in [6.45, 7) is 0. The molecule has 0 bridgehead atoms. The van der Waals surface area contributed by atoms with Crippen LogP contribution in [-0.2, 0) is 10.1 Å². The summed E-state index contributed by atoms with van der Waals surface area (Å²) in [5.41, 5.74) is 6.62. The minimum atomic E-state index is -4.17. The molecule has 78 valence electrons. The lowest BCUT2D eigenvalue weighted by molar-refractivity contribution is 0.483. The molecule has 0 saturated heterocycles. The molecular weight excluding hydrogens is 204 g/mol. The van der Waals surface area contributed by atoms with Crippen molar-refractivity contribution in [3.05, 3.63) is 18.2 Å². The number of nitrogens with two attached hydrogens (primary N) is 1. The van der Waals surface area contributed by atoms with E-state index in [1.165, 1.54) is 12.1 Å². The summed E-state index contributed by atoms with van der Waals surface area (Å²) in [5, 5.41) is 0. The van der Waals surface area contributed by atoms with Crippen LogP contribution in [0.15, 0.2) is 23.1 Å². The largest absolute Gasteiger partial charge is 0.397 e. The zero-order valence-electron chi connectivity index (χ0n) is 7.93. The second-order valence-corrected chi connectivity index (χ2v) is 4.51. The lowest BCUT2D eigenvalue weighted by Crippen LogP contribution is -2.11. The predicted molar refractivity (Wildman–Crippen MR) is 55.0 cm³/mol. The zero-order chi connectivity index (χ0) is 10.9. The van der Waals surface area contributed by atoms with Crippen molar-refractivity contribution in [1.82, 2.24) is 0 Å². The standard InChI is InChI=1S/C8H12N2O3S/c1-10(2)8-4-3-6(5-7(8)9)14(11,12)13/h3-5H,9H2,1-2H3,(H,11,12,13). The number of rotatable bonds is 2. The van der Waals surface area contributed by atoms with Crippen molar-refractivity contribution in [3.63, 3.8) is 0 Å². The fourth-order valence-corrected chi connectivity index (χ4v) is 1.62. The smallest absolute Gasteiger partial charge is 0.294 e. The summed E-state index contributed by atoms with van der Waals surface area (Å²) in [4.78, 5) is 1.56. The van der Waals surface area contributed by atoms with Gasteiger partial charge in [0.2, 0.25) is 0 Å². The summed E-state index contributed by atoms with van der Waals surface area (Å²) >= 11 is 0. The molecule has 0 atom stereocenters. The first-order valence-corrected chi connectivity index (χ1v) is 5.30. The summed E-state index contributed by atoms with van der Waals surface area (Å²) in [5.74, 6) is 0. The van der Waals surface area contributed by atoms with Gasteiger partial charge in [-0.1, -0.05) is 0 Å². The van der Waals surface area contributed by atoms with E-state index in [1.54, 1.807) is 25.1 Å². The van der Waals surface area contributed by atoms with Crippen LogP contribution in [0.1, 0.15) is 0 Å².